The van der Waals surface area contributed by atoms with Crippen LogP contribution in [0.2, 0.25) is 0 Å². The number of carbonyl (C=O) groups is 2. The van der Waals surface area contributed by atoms with Crippen molar-refractivity contribution >= 4 is 40.4 Å². The van der Waals surface area contributed by atoms with E-state index < -0.39 is 0 Å². The molecule has 1 aliphatic carbocycles. The second-order valence-electron chi connectivity index (χ2n) is 15.8. The standard InChI is InChI=1S/C41H48N8O5/c1-6-37(51)43-31-17-27(10-11-34(31)47-13-12-46(20-25(47)2)28-23-54-24-28)42-38-40(53)45(5)21-32(44-38)29-8-7-9-33(30(29)22-50)49-15-14-48-35(39(49)52)16-26-18-41(3,4)19-36(26)48/h6-11,16-17,21,25,28,50H,1,12-15,18-20,22-24H2,2-5H3,(H,42,44)(H,43,51). The number of hydrogen-bond acceptors (Lipinski definition) is 9. The van der Waals surface area contributed by atoms with Gasteiger partial charge in [0.05, 0.1) is 48.6 Å². The number of ether oxygens (including phenoxy) is 1. The quantitative estimate of drug-likeness (QED) is 0.215. The molecule has 13 nitrogen and oxygen atoms in total. The van der Waals surface area contributed by atoms with Crippen LogP contribution >= 0.6 is 0 Å². The van der Waals surface area contributed by atoms with Crippen molar-refractivity contribution in [3.05, 3.63) is 94.2 Å². The lowest BCUT2D eigenvalue weighted by Crippen LogP contribution is -2.59. The maximum Gasteiger partial charge on any atom is 0.293 e. The molecule has 1 atom stereocenters. The molecule has 0 spiro atoms. The number of aliphatic hydroxyl groups is 1. The van der Waals surface area contributed by atoms with Crippen molar-refractivity contribution in [2.75, 3.05) is 59.8 Å². The molecule has 4 aromatic rings. The number of piperazine rings is 1. The van der Waals surface area contributed by atoms with Crippen LogP contribution in [0, 0.1) is 5.41 Å². The summed E-state index contributed by atoms with van der Waals surface area (Å²) in [6, 6.07) is 13.9. The first-order valence-corrected chi connectivity index (χ1v) is 18.7. The highest BCUT2D eigenvalue weighted by Crippen LogP contribution is 2.41. The van der Waals surface area contributed by atoms with E-state index in [1.54, 1.807) is 24.2 Å². The number of aromatic nitrogens is 3. The van der Waals surface area contributed by atoms with Gasteiger partial charge < -0.3 is 39.4 Å². The minimum Gasteiger partial charge on any atom is -0.392 e. The third-order valence-corrected chi connectivity index (χ3v) is 11.4. The van der Waals surface area contributed by atoms with Crippen LogP contribution in [-0.4, -0.2) is 87.4 Å². The molecule has 0 bridgehead atoms. The molecule has 2 aromatic heterocycles. The van der Waals surface area contributed by atoms with E-state index in [9.17, 15) is 19.5 Å². The number of aliphatic hydroxyl groups excluding tert-OH is 1. The Morgan fingerprint density at radius 2 is 1.89 bits per heavy atom. The summed E-state index contributed by atoms with van der Waals surface area (Å²) in [4.78, 5) is 51.3. The fourth-order valence-electron chi connectivity index (χ4n) is 8.59. The first-order valence-electron chi connectivity index (χ1n) is 18.7. The number of hydrogen-bond donors (Lipinski definition) is 3. The third-order valence-electron chi connectivity index (χ3n) is 11.4. The molecule has 1 unspecified atom stereocenters. The van der Waals surface area contributed by atoms with E-state index in [-0.39, 0.29) is 41.3 Å². The van der Waals surface area contributed by atoms with Crippen molar-refractivity contribution in [2.45, 2.75) is 58.8 Å². The Balaban J connectivity index is 1.08. The molecule has 0 radical (unpaired) electrons. The van der Waals surface area contributed by atoms with E-state index in [0.717, 1.165) is 51.4 Å². The van der Waals surface area contributed by atoms with E-state index >= 15 is 0 Å². The Hall–Kier alpha value is -5.24. The van der Waals surface area contributed by atoms with Gasteiger partial charge in [0.2, 0.25) is 5.91 Å². The van der Waals surface area contributed by atoms with Gasteiger partial charge in [-0.1, -0.05) is 32.6 Å². The molecule has 5 heterocycles. The normalized spacial score (nSPS) is 19.6. The predicted molar refractivity (Wildman–Crippen MR) is 210 cm³/mol. The second-order valence-corrected chi connectivity index (χ2v) is 15.8. The van der Waals surface area contributed by atoms with Crippen LogP contribution in [0.15, 0.2) is 66.1 Å². The Bertz CT molecular complexity index is 2220. The van der Waals surface area contributed by atoms with Gasteiger partial charge in [-0.2, -0.15) is 0 Å². The fraction of sp³-hybridized carbons (Fsp3) is 0.415. The van der Waals surface area contributed by atoms with Gasteiger partial charge in [-0.15, -0.1) is 0 Å². The number of nitrogens with one attached hydrogen (secondary N) is 2. The smallest absolute Gasteiger partial charge is 0.293 e. The van der Waals surface area contributed by atoms with Crippen LogP contribution in [0.1, 0.15) is 48.1 Å². The molecule has 3 aliphatic heterocycles. The van der Waals surface area contributed by atoms with E-state index in [0.29, 0.717) is 58.7 Å². The summed E-state index contributed by atoms with van der Waals surface area (Å²) in [6.45, 7) is 15.2. The van der Waals surface area contributed by atoms with Gasteiger partial charge in [0.1, 0.15) is 5.69 Å². The molecule has 3 N–H and O–H groups in total. The summed E-state index contributed by atoms with van der Waals surface area (Å²) < 4.78 is 9.04. The summed E-state index contributed by atoms with van der Waals surface area (Å²) >= 11 is 0. The van der Waals surface area contributed by atoms with Gasteiger partial charge in [-0.25, -0.2) is 4.98 Å². The summed E-state index contributed by atoms with van der Waals surface area (Å²) in [5.41, 5.74) is 7.28. The minimum atomic E-state index is -0.353. The maximum absolute atomic E-state index is 14.0. The number of rotatable bonds is 9. The average molecular weight is 733 g/mol. The lowest BCUT2D eigenvalue weighted by atomic mass is 9.90. The largest absolute Gasteiger partial charge is 0.392 e. The Morgan fingerprint density at radius 3 is 2.61 bits per heavy atom. The topological polar surface area (TPSA) is 137 Å². The zero-order valence-corrected chi connectivity index (χ0v) is 31.4. The maximum atomic E-state index is 14.0. The average Bonchev–Trinajstić information content (AvgIpc) is 3.61. The number of anilines is 5. The first-order chi connectivity index (χ1) is 25.9. The first kappa shape index (κ1) is 35.8. The zero-order valence-electron chi connectivity index (χ0n) is 31.4. The van der Waals surface area contributed by atoms with Crippen molar-refractivity contribution in [3.8, 4) is 11.3 Å². The fourth-order valence-corrected chi connectivity index (χ4v) is 8.59. The summed E-state index contributed by atoms with van der Waals surface area (Å²) in [5, 5.41) is 16.9. The van der Waals surface area contributed by atoms with Crippen LogP contribution in [0.25, 0.3) is 11.3 Å². The van der Waals surface area contributed by atoms with Crippen LogP contribution < -0.4 is 26.0 Å². The lowest BCUT2D eigenvalue weighted by Gasteiger charge is -2.46. The van der Waals surface area contributed by atoms with Gasteiger partial charge in [-0.3, -0.25) is 19.3 Å². The Kier molecular flexibility index (Phi) is 9.19. The van der Waals surface area contributed by atoms with Crippen LogP contribution in [-0.2, 0) is 42.6 Å². The van der Waals surface area contributed by atoms with Gasteiger partial charge in [0.15, 0.2) is 5.82 Å². The highest BCUT2D eigenvalue weighted by Gasteiger charge is 2.37. The van der Waals surface area contributed by atoms with Crippen molar-refractivity contribution in [1.29, 1.82) is 0 Å². The summed E-state index contributed by atoms with van der Waals surface area (Å²) in [6.07, 6.45) is 4.77. The van der Waals surface area contributed by atoms with E-state index in [2.05, 4.69) is 52.4 Å². The molecular formula is C41H48N8O5. The predicted octanol–water partition coefficient (Wildman–Crippen LogP) is 4.30. The molecule has 282 valence electrons. The van der Waals surface area contributed by atoms with Crippen LogP contribution in [0.5, 0.6) is 0 Å². The highest BCUT2D eigenvalue weighted by atomic mass is 16.5. The minimum absolute atomic E-state index is 0.0760. The molecule has 2 saturated heterocycles. The lowest BCUT2D eigenvalue weighted by molar-refractivity contribution is -0.111. The van der Waals surface area contributed by atoms with Gasteiger partial charge >= 0.3 is 0 Å². The Morgan fingerprint density at radius 1 is 1.07 bits per heavy atom. The summed E-state index contributed by atoms with van der Waals surface area (Å²) in [5.74, 6) is -0.359. The zero-order chi connectivity index (χ0) is 37.9. The van der Waals surface area contributed by atoms with Crippen molar-refractivity contribution in [3.63, 3.8) is 0 Å². The number of nitrogens with zero attached hydrogens (tertiary/aromatic N) is 6. The number of carbonyl (C=O) groups excluding carboxylic acids is 2. The van der Waals surface area contributed by atoms with Gasteiger partial charge in [0.25, 0.3) is 11.5 Å². The van der Waals surface area contributed by atoms with Crippen molar-refractivity contribution < 1.29 is 19.4 Å². The second kappa shape index (κ2) is 13.9. The van der Waals surface area contributed by atoms with E-state index in [1.807, 2.05) is 36.4 Å². The van der Waals surface area contributed by atoms with Crippen molar-refractivity contribution in [1.82, 2.24) is 19.0 Å². The van der Waals surface area contributed by atoms with Crippen molar-refractivity contribution in [2.24, 2.45) is 12.5 Å². The van der Waals surface area contributed by atoms with Crippen LogP contribution in [0.3, 0.4) is 0 Å². The number of fused-ring (bicyclic) bond motifs is 3. The molecule has 8 rings (SSSR count). The summed E-state index contributed by atoms with van der Waals surface area (Å²) in [7, 11) is 1.65. The van der Waals surface area contributed by atoms with Crippen LogP contribution in [0.4, 0.5) is 28.6 Å². The van der Waals surface area contributed by atoms with Gasteiger partial charge in [-0.05, 0) is 67.2 Å². The molecule has 13 heteroatoms. The monoisotopic (exact) mass is 732 g/mol. The van der Waals surface area contributed by atoms with E-state index in [1.165, 1.54) is 21.9 Å². The van der Waals surface area contributed by atoms with E-state index in [4.69, 9.17) is 9.72 Å². The Labute approximate surface area is 314 Å². The molecule has 2 fully saturated rings. The SMILES string of the molecule is C=CC(=O)Nc1cc(Nc2nc(-c3cccc(N4CCn5c(cc6c5CC(C)(C)C6)C4=O)c3CO)cn(C)c2=O)ccc1N1CCN(C2COC2)CC1C. The molecule has 4 aliphatic rings. The molecule has 2 amide bonds. The number of aryl methyl sites for hydroxylation is 1. The molecule has 2 aromatic carbocycles. The number of benzene rings is 2. The molecular weight excluding hydrogens is 685 g/mol. The third kappa shape index (κ3) is 6.39. The molecule has 0 saturated carbocycles. The number of amides is 2. The van der Waals surface area contributed by atoms with Gasteiger partial charge in [0, 0.05) is 74.5 Å². The highest BCUT2D eigenvalue weighted by molar-refractivity contribution is 6.07. The molecule has 54 heavy (non-hydrogen) atoms.